The third-order valence-electron chi connectivity index (χ3n) is 3.57. The van der Waals surface area contributed by atoms with E-state index in [1.54, 1.807) is 0 Å². The molecule has 0 radical (unpaired) electrons. The van der Waals surface area contributed by atoms with Crippen LogP contribution in [0.2, 0.25) is 0 Å². The standard InChI is InChI=1S/C15H12O2P2S2/c16-15(21(18)19-20)17-9-14-12-7-3-1-5-10(12)11-6-2-4-8-13(11)14/h1-8,14,19H,9H2. The summed E-state index contributed by atoms with van der Waals surface area (Å²) in [5.41, 5.74) is 4.88. The van der Waals surface area contributed by atoms with Crippen molar-refractivity contribution in [2.75, 3.05) is 6.61 Å². The van der Waals surface area contributed by atoms with Crippen LogP contribution in [-0.4, -0.2) is 11.9 Å². The van der Waals surface area contributed by atoms with Crippen molar-refractivity contribution in [2.24, 2.45) is 0 Å². The minimum absolute atomic E-state index is 0.0595. The maximum atomic E-state index is 11.8. The first-order valence-electron chi connectivity index (χ1n) is 6.38. The molecule has 0 amide bonds. The summed E-state index contributed by atoms with van der Waals surface area (Å²) in [6.45, 7) is 0.344. The first-order valence-corrected chi connectivity index (χ1v) is 11.5. The van der Waals surface area contributed by atoms with Gasteiger partial charge in [-0.2, -0.15) is 0 Å². The maximum absolute atomic E-state index is 11.8. The van der Waals surface area contributed by atoms with Crippen molar-refractivity contribution in [3.05, 3.63) is 59.7 Å². The van der Waals surface area contributed by atoms with Gasteiger partial charge in [0.2, 0.25) is 0 Å². The van der Waals surface area contributed by atoms with Gasteiger partial charge in [0.1, 0.15) is 0 Å². The van der Waals surface area contributed by atoms with E-state index in [1.165, 1.54) is 22.3 Å². The summed E-state index contributed by atoms with van der Waals surface area (Å²) in [7, 11) is 3.41. The van der Waals surface area contributed by atoms with Crippen LogP contribution < -0.4 is 0 Å². The van der Waals surface area contributed by atoms with Gasteiger partial charge in [-0.3, -0.25) is 0 Å². The molecule has 2 nitrogen and oxygen atoms in total. The third kappa shape index (κ3) is 2.86. The van der Waals surface area contributed by atoms with Crippen molar-refractivity contribution in [3.8, 4) is 11.1 Å². The Morgan fingerprint density at radius 1 is 1.14 bits per heavy atom. The van der Waals surface area contributed by atoms with E-state index in [2.05, 4.69) is 32.1 Å². The first-order chi connectivity index (χ1) is 10.2. The molecule has 0 saturated carbocycles. The molecule has 2 aromatic rings. The molecule has 0 spiro atoms. The van der Waals surface area contributed by atoms with Gasteiger partial charge in [0.15, 0.2) is 0 Å². The predicted octanol–water partition coefficient (Wildman–Crippen LogP) is 4.93. The van der Waals surface area contributed by atoms with Gasteiger partial charge >= 0.3 is 133 Å². The van der Waals surface area contributed by atoms with E-state index >= 15 is 0 Å². The van der Waals surface area contributed by atoms with Gasteiger partial charge in [0, 0.05) is 0 Å². The molecule has 0 bridgehead atoms. The topological polar surface area (TPSA) is 26.3 Å². The second-order valence-electron chi connectivity index (χ2n) is 4.66. The third-order valence-corrected chi connectivity index (χ3v) is 9.01. The van der Waals surface area contributed by atoms with Crippen molar-refractivity contribution < 1.29 is 9.53 Å². The van der Waals surface area contributed by atoms with Crippen molar-refractivity contribution >= 4 is 40.1 Å². The molecule has 0 aliphatic heterocycles. The van der Waals surface area contributed by atoms with Crippen molar-refractivity contribution in [3.63, 3.8) is 0 Å². The van der Waals surface area contributed by atoms with Gasteiger partial charge in [0.05, 0.1) is 0 Å². The SMILES string of the molecule is O=C(OCC1c2ccccc2-c2ccccc21)S(#P)=[PH]=S. The number of hydrogen-bond donors (Lipinski definition) is 0. The Morgan fingerprint density at radius 3 is 2.19 bits per heavy atom. The number of hydrogen-bond acceptors (Lipinski definition) is 3. The van der Waals surface area contributed by atoms with Crippen LogP contribution in [0.5, 0.6) is 0 Å². The summed E-state index contributed by atoms with van der Waals surface area (Å²) >= 11 is 4.89. The second kappa shape index (κ2) is 6.46. The summed E-state index contributed by atoms with van der Waals surface area (Å²) in [5, 5.41) is -0.298. The van der Waals surface area contributed by atoms with E-state index in [9.17, 15) is 4.79 Å². The predicted molar refractivity (Wildman–Crippen MR) is 95.0 cm³/mol. The van der Waals surface area contributed by atoms with Crippen LogP contribution >= 0.6 is 13.9 Å². The molecule has 1 aliphatic rings. The van der Waals surface area contributed by atoms with E-state index in [-0.39, 0.29) is 17.4 Å². The summed E-state index contributed by atoms with van der Waals surface area (Å²) in [5.74, 6) is 0.0974. The summed E-state index contributed by atoms with van der Waals surface area (Å²) in [6.07, 6.45) is 0.0595. The Hall–Kier alpha value is -0.920. The molecular weight excluding hydrogens is 338 g/mol. The molecule has 21 heavy (non-hydrogen) atoms. The molecule has 0 saturated heterocycles. The number of rotatable bonds is 2. The fourth-order valence-electron chi connectivity index (χ4n) is 2.68. The Kier molecular flexibility index (Phi) is 4.61. The van der Waals surface area contributed by atoms with E-state index in [0.717, 1.165) is 0 Å². The molecule has 1 unspecified atom stereocenters. The molecule has 1 atom stereocenters. The zero-order valence-corrected chi connectivity index (χ0v) is 14.5. The van der Waals surface area contributed by atoms with Crippen molar-refractivity contribution in [1.82, 2.24) is 0 Å². The van der Waals surface area contributed by atoms with E-state index in [0.29, 0.717) is 6.61 Å². The molecule has 0 fully saturated rings. The van der Waals surface area contributed by atoms with Gasteiger partial charge < -0.3 is 0 Å². The van der Waals surface area contributed by atoms with E-state index in [4.69, 9.17) is 16.5 Å². The zero-order chi connectivity index (χ0) is 14.8. The normalized spacial score (nSPS) is 12.7. The Morgan fingerprint density at radius 2 is 1.67 bits per heavy atom. The van der Waals surface area contributed by atoms with Gasteiger partial charge in [-0.15, -0.1) is 0 Å². The van der Waals surface area contributed by atoms with Crippen LogP contribution in [0.4, 0.5) is 4.79 Å². The average Bonchev–Trinajstić information content (AvgIpc) is 2.86. The number of carbonyl (C=O) groups is 1. The molecule has 6 heteroatoms. The van der Waals surface area contributed by atoms with Crippen molar-refractivity contribution in [1.29, 1.82) is 0 Å². The number of carbonyl (C=O) groups excluding carboxylic acids is 1. The van der Waals surface area contributed by atoms with Gasteiger partial charge in [-0.1, -0.05) is 0 Å². The number of benzene rings is 2. The number of fused-ring (bicyclic) bond motifs is 3. The van der Waals surface area contributed by atoms with Crippen LogP contribution in [0.15, 0.2) is 48.5 Å². The second-order valence-corrected chi connectivity index (χ2v) is 11.1. The first kappa shape index (κ1) is 15.0. The van der Waals surface area contributed by atoms with E-state index < -0.39 is 9.05 Å². The van der Waals surface area contributed by atoms with Crippen LogP contribution in [0, 0.1) is 0 Å². The van der Waals surface area contributed by atoms with Crippen LogP contribution in [0.3, 0.4) is 0 Å². The summed E-state index contributed by atoms with van der Waals surface area (Å²) in [6, 6.07) is 16.5. The van der Waals surface area contributed by atoms with Gasteiger partial charge in [-0.05, 0) is 0 Å². The van der Waals surface area contributed by atoms with Crippen LogP contribution in [0.1, 0.15) is 17.0 Å². The monoisotopic (exact) mass is 350 g/mol. The van der Waals surface area contributed by atoms with Crippen molar-refractivity contribution in [2.45, 2.75) is 5.92 Å². The summed E-state index contributed by atoms with van der Waals surface area (Å²) in [4.78, 5) is 11.8. The molecule has 1 aliphatic carbocycles. The van der Waals surface area contributed by atoms with Gasteiger partial charge in [0.25, 0.3) is 0 Å². The van der Waals surface area contributed by atoms with Crippen LogP contribution in [-0.2, 0) is 25.6 Å². The Labute approximate surface area is 133 Å². The quantitative estimate of drug-likeness (QED) is 0.567. The fourth-order valence-corrected chi connectivity index (χ4v) is 4.08. The summed E-state index contributed by atoms with van der Waals surface area (Å²) < 4.78 is 5.43. The minimum atomic E-state index is -0.761. The Bertz CT molecular complexity index is 838. The fraction of sp³-hybridized carbons (Fsp3) is 0.133. The zero-order valence-electron chi connectivity index (χ0n) is 11.0. The van der Waals surface area contributed by atoms with Crippen LogP contribution in [0.25, 0.3) is 11.1 Å². The molecule has 3 rings (SSSR count). The molecule has 0 aromatic heterocycles. The van der Waals surface area contributed by atoms with Gasteiger partial charge in [-0.25, -0.2) is 0 Å². The molecule has 0 N–H and O–H groups in total. The molecule has 0 heterocycles. The molecule has 106 valence electrons. The Balaban J connectivity index is 1.95. The average molecular weight is 350 g/mol. The molecular formula is C15H12O2P2S2. The number of ether oxygens (including phenoxy) is 1. The van der Waals surface area contributed by atoms with E-state index in [1.807, 2.05) is 24.3 Å². The molecule has 2 aromatic carbocycles.